The van der Waals surface area contributed by atoms with Gasteiger partial charge < -0.3 is 10.1 Å². The van der Waals surface area contributed by atoms with Gasteiger partial charge in [-0.1, -0.05) is 57.3 Å². The number of imide groups is 1. The summed E-state index contributed by atoms with van der Waals surface area (Å²) in [6.07, 6.45) is 1.49. The number of nitrogens with one attached hydrogen (secondary N) is 1. The van der Waals surface area contributed by atoms with Gasteiger partial charge in [0.05, 0.1) is 22.2 Å². The number of benzene rings is 3. The average molecular weight is 610 g/mol. The minimum Gasteiger partial charge on any atom is -0.483 e. The zero-order valence-corrected chi connectivity index (χ0v) is 22.2. The number of nitrogens with zero attached hydrogens (tertiary/aromatic N) is 1. The molecular weight excluding hydrogens is 594 g/mol. The molecule has 0 saturated carbocycles. The molecule has 6 nitrogen and oxygen atoms in total. The quantitative estimate of drug-likeness (QED) is 0.288. The van der Waals surface area contributed by atoms with Crippen LogP contribution in [0.1, 0.15) is 11.1 Å². The molecule has 0 aliphatic carbocycles. The minimum absolute atomic E-state index is 0.0544. The summed E-state index contributed by atoms with van der Waals surface area (Å²) in [4.78, 5) is 38.9. The Labute approximate surface area is 228 Å². The van der Waals surface area contributed by atoms with Crippen molar-refractivity contribution in [1.29, 1.82) is 0 Å². The summed E-state index contributed by atoms with van der Waals surface area (Å²) >= 11 is 16.2. The highest BCUT2D eigenvalue weighted by molar-refractivity contribution is 9.10. The van der Waals surface area contributed by atoms with Crippen molar-refractivity contribution in [3.05, 3.63) is 97.0 Å². The summed E-state index contributed by atoms with van der Waals surface area (Å²) in [7, 11) is 0. The van der Waals surface area contributed by atoms with Crippen LogP contribution >= 0.6 is 50.9 Å². The van der Waals surface area contributed by atoms with Crippen molar-refractivity contribution in [2.45, 2.75) is 6.54 Å². The molecule has 4 rings (SSSR count). The summed E-state index contributed by atoms with van der Waals surface area (Å²) in [6.45, 7) is -0.613. The molecule has 0 spiro atoms. The molecule has 0 bridgehead atoms. The second kappa shape index (κ2) is 11.5. The lowest BCUT2D eigenvalue weighted by Crippen LogP contribution is -2.28. The Hall–Kier alpha value is -2.85. The fourth-order valence-corrected chi connectivity index (χ4v) is 4.89. The number of carbonyl (C=O) groups is 3. The van der Waals surface area contributed by atoms with Crippen molar-refractivity contribution < 1.29 is 23.5 Å². The fraction of sp³-hybridized carbons (Fsp3) is 0.0800. The number of carbonyl (C=O) groups excluding carboxylic acids is 3. The lowest BCUT2D eigenvalue weighted by atomic mass is 10.1. The number of hydrogen-bond donors (Lipinski definition) is 1. The topological polar surface area (TPSA) is 75.7 Å². The number of ether oxygens (including phenoxy) is 1. The van der Waals surface area contributed by atoms with Crippen LogP contribution in [-0.2, 0) is 16.1 Å². The Morgan fingerprint density at radius 3 is 2.58 bits per heavy atom. The van der Waals surface area contributed by atoms with Crippen LogP contribution < -0.4 is 10.1 Å². The van der Waals surface area contributed by atoms with E-state index >= 15 is 0 Å². The monoisotopic (exact) mass is 608 g/mol. The molecule has 0 aromatic heterocycles. The van der Waals surface area contributed by atoms with Crippen molar-refractivity contribution >= 4 is 79.7 Å². The highest BCUT2D eigenvalue weighted by Gasteiger charge is 2.36. The van der Waals surface area contributed by atoms with Crippen LogP contribution in [-0.4, -0.2) is 28.6 Å². The summed E-state index contributed by atoms with van der Waals surface area (Å²) in [6, 6.07) is 16.0. The zero-order chi connectivity index (χ0) is 25.8. The Balaban J connectivity index is 1.51. The lowest BCUT2D eigenvalue weighted by molar-refractivity contribution is -0.123. The molecule has 3 aromatic rings. The maximum absolute atomic E-state index is 14.2. The SMILES string of the molecule is O=C(COc1ccc(Br)cc1/C=C1\SC(=O)N(Cc2c(F)cccc2Cl)C1=O)Nc1ccccc1Cl. The Bertz CT molecular complexity index is 1380. The van der Waals surface area contributed by atoms with Gasteiger partial charge >= 0.3 is 0 Å². The highest BCUT2D eigenvalue weighted by atomic mass is 79.9. The van der Waals surface area contributed by atoms with E-state index in [-0.39, 0.29) is 28.6 Å². The van der Waals surface area contributed by atoms with Gasteiger partial charge in [-0.2, -0.15) is 0 Å². The standard InChI is InChI=1S/C25H16BrCl2FN2O4S/c26-15-8-9-21(35-13-23(32)30-20-7-2-1-4-18(20)28)14(10-15)11-22-24(33)31(25(34)36-22)12-16-17(27)5-3-6-19(16)29/h1-11H,12-13H2,(H,30,32)/b22-11-. The molecule has 0 atom stereocenters. The molecule has 11 heteroatoms. The predicted molar refractivity (Wildman–Crippen MR) is 143 cm³/mol. The van der Waals surface area contributed by atoms with Crippen molar-refractivity contribution in [2.24, 2.45) is 0 Å². The van der Waals surface area contributed by atoms with Crippen molar-refractivity contribution in [1.82, 2.24) is 4.90 Å². The zero-order valence-electron chi connectivity index (χ0n) is 18.3. The maximum atomic E-state index is 14.2. The van der Waals surface area contributed by atoms with Gasteiger partial charge in [0, 0.05) is 20.6 Å². The molecule has 184 valence electrons. The fourth-order valence-electron chi connectivity index (χ4n) is 3.27. The second-order valence-corrected chi connectivity index (χ2v) is 10.2. The maximum Gasteiger partial charge on any atom is 0.293 e. The molecule has 0 radical (unpaired) electrons. The lowest BCUT2D eigenvalue weighted by Gasteiger charge is -2.14. The van der Waals surface area contributed by atoms with Gasteiger partial charge in [-0.05, 0) is 60.3 Å². The van der Waals surface area contributed by atoms with Crippen LogP contribution in [0.5, 0.6) is 5.75 Å². The van der Waals surface area contributed by atoms with Crippen LogP contribution in [0.15, 0.2) is 70.0 Å². The van der Waals surface area contributed by atoms with Gasteiger partial charge in [-0.15, -0.1) is 0 Å². The van der Waals surface area contributed by atoms with Gasteiger partial charge in [0.25, 0.3) is 17.1 Å². The number of para-hydroxylation sites is 1. The highest BCUT2D eigenvalue weighted by Crippen LogP contribution is 2.36. The summed E-state index contributed by atoms with van der Waals surface area (Å²) in [5, 5.41) is 2.62. The number of amides is 3. The third kappa shape index (κ3) is 6.10. The summed E-state index contributed by atoms with van der Waals surface area (Å²) in [5.74, 6) is -1.31. The Kier molecular flexibility index (Phi) is 8.35. The molecular formula is C25H16BrCl2FN2O4S. The normalized spacial score (nSPS) is 14.4. The van der Waals surface area contributed by atoms with Crippen LogP contribution in [0.2, 0.25) is 10.0 Å². The average Bonchev–Trinajstić information content (AvgIpc) is 3.09. The molecule has 1 fully saturated rings. The van der Waals surface area contributed by atoms with Gasteiger partial charge in [-0.25, -0.2) is 4.39 Å². The van der Waals surface area contributed by atoms with Gasteiger partial charge in [0.2, 0.25) is 0 Å². The van der Waals surface area contributed by atoms with Gasteiger partial charge in [-0.3, -0.25) is 19.3 Å². The first-order chi connectivity index (χ1) is 17.2. The molecule has 1 aliphatic rings. The van der Waals surface area contributed by atoms with E-state index in [2.05, 4.69) is 21.2 Å². The number of hydrogen-bond acceptors (Lipinski definition) is 5. The molecule has 36 heavy (non-hydrogen) atoms. The Morgan fingerprint density at radius 2 is 1.83 bits per heavy atom. The van der Waals surface area contributed by atoms with E-state index in [0.29, 0.717) is 26.5 Å². The third-order valence-electron chi connectivity index (χ3n) is 5.02. The van der Waals surface area contributed by atoms with Gasteiger partial charge in [0.1, 0.15) is 11.6 Å². The van der Waals surface area contributed by atoms with Crippen molar-refractivity contribution in [2.75, 3.05) is 11.9 Å². The number of thioether (sulfide) groups is 1. The number of anilines is 1. The Morgan fingerprint density at radius 1 is 1.08 bits per heavy atom. The van der Waals surface area contributed by atoms with Crippen molar-refractivity contribution in [3.8, 4) is 5.75 Å². The molecule has 1 aliphatic heterocycles. The second-order valence-electron chi connectivity index (χ2n) is 7.47. The molecule has 1 heterocycles. The smallest absolute Gasteiger partial charge is 0.293 e. The first kappa shape index (κ1) is 26.2. The van der Waals surface area contributed by atoms with Crippen LogP contribution in [0.4, 0.5) is 14.9 Å². The van der Waals surface area contributed by atoms with E-state index in [0.717, 1.165) is 16.7 Å². The first-order valence-electron chi connectivity index (χ1n) is 10.4. The van der Waals surface area contributed by atoms with Crippen molar-refractivity contribution in [3.63, 3.8) is 0 Å². The first-order valence-corrected chi connectivity index (χ1v) is 12.7. The third-order valence-corrected chi connectivity index (χ3v) is 7.10. The van der Waals surface area contributed by atoms with E-state index in [9.17, 15) is 18.8 Å². The van der Waals surface area contributed by atoms with E-state index < -0.39 is 22.9 Å². The summed E-state index contributed by atoms with van der Waals surface area (Å²) < 4.78 is 20.6. The number of rotatable bonds is 7. The van der Waals surface area contributed by atoms with E-state index in [1.165, 1.54) is 24.3 Å². The predicted octanol–water partition coefficient (Wildman–Crippen LogP) is 7.15. The van der Waals surface area contributed by atoms with E-state index in [4.69, 9.17) is 27.9 Å². The molecule has 0 unspecified atom stereocenters. The van der Waals surface area contributed by atoms with Crippen LogP contribution in [0.3, 0.4) is 0 Å². The van der Waals surface area contributed by atoms with Crippen LogP contribution in [0.25, 0.3) is 6.08 Å². The molecule has 3 amide bonds. The van der Waals surface area contributed by atoms with Gasteiger partial charge in [0.15, 0.2) is 6.61 Å². The largest absolute Gasteiger partial charge is 0.483 e. The van der Waals surface area contributed by atoms with E-state index in [1.807, 2.05) is 0 Å². The summed E-state index contributed by atoms with van der Waals surface area (Å²) in [5.41, 5.74) is 0.968. The number of halogens is 4. The molecule has 1 saturated heterocycles. The minimum atomic E-state index is -0.608. The molecule has 3 aromatic carbocycles. The molecule has 1 N–H and O–H groups in total. The van der Waals surface area contributed by atoms with E-state index in [1.54, 1.807) is 42.5 Å². The van der Waals surface area contributed by atoms with Crippen LogP contribution in [0, 0.1) is 5.82 Å².